The molecule has 2 aromatic rings. The van der Waals surface area contributed by atoms with E-state index in [0.29, 0.717) is 11.7 Å². The van der Waals surface area contributed by atoms with Crippen LogP contribution in [0.4, 0.5) is 0 Å². The zero-order chi connectivity index (χ0) is 15.6. The van der Waals surface area contributed by atoms with Crippen molar-refractivity contribution in [1.82, 2.24) is 15.6 Å². The first-order valence-corrected chi connectivity index (χ1v) is 7.74. The third-order valence-electron chi connectivity index (χ3n) is 3.25. The molecule has 0 bridgehead atoms. The Morgan fingerprint density at radius 3 is 2.59 bits per heavy atom. The minimum absolute atomic E-state index is 0.507. The Hall–Kier alpha value is -2.07. The Morgan fingerprint density at radius 1 is 1.09 bits per heavy atom. The van der Waals surface area contributed by atoms with Gasteiger partial charge in [0.1, 0.15) is 5.15 Å². The Balaban J connectivity index is 1.68. The Labute approximate surface area is 136 Å². The maximum atomic E-state index is 5.77. The number of hydrogen-bond donors (Lipinski definition) is 2. The number of hydrogen-bond acceptors (Lipinski definition) is 2. The third-order valence-corrected chi connectivity index (χ3v) is 3.47. The van der Waals surface area contributed by atoms with Crippen molar-refractivity contribution >= 4 is 17.6 Å². The van der Waals surface area contributed by atoms with Crippen LogP contribution in [0.3, 0.4) is 0 Å². The molecule has 22 heavy (non-hydrogen) atoms. The van der Waals surface area contributed by atoms with E-state index in [1.807, 2.05) is 12.1 Å². The van der Waals surface area contributed by atoms with E-state index in [1.165, 1.54) is 5.56 Å². The number of aliphatic imine (C=N–C) groups is 1. The smallest absolute Gasteiger partial charge is 0.191 e. The van der Waals surface area contributed by atoms with Crippen molar-refractivity contribution in [2.24, 2.45) is 4.99 Å². The predicted molar refractivity (Wildman–Crippen MR) is 92.2 cm³/mol. The molecule has 116 valence electrons. The summed E-state index contributed by atoms with van der Waals surface area (Å²) in [5, 5.41) is 7.08. The van der Waals surface area contributed by atoms with Crippen LogP contribution >= 0.6 is 11.6 Å². The molecular weight excluding hydrogens is 296 g/mol. The molecule has 1 heterocycles. The van der Waals surface area contributed by atoms with E-state index in [9.17, 15) is 0 Å². The van der Waals surface area contributed by atoms with Crippen LogP contribution in [0.15, 0.2) is 53.7 Å². The molecule has 1 aromatic carbocycles. The molecule has 0 spiro atoms. The number of nitrogens with zero attached hydrogens (tertiary/aromatic N) is 2. The number of pyridine rings is 1. The van der Waals surface area contributed by atoms with Gasteiger partial charge in [-0.2, -0.15) is 0 Å². The molecule has 2 rings (SSSR count). The minimum atomic E-state index is 0.507. The topological polar surface area (TPSA) is 49.3 Å². The number of rotatable bonds is 6. The lowest BCUT2D eigenvalue weighted by Crippen LogP contribution is -2.37. The van der Waals surface area contributed by atoms with Crippen LogP contribution in [0, 0.1) is 0 Å². The van der Waals surface area contributed by atoms with E-state index in [-0.39, 0.29) is 0 Å². The van der Waals surface area contributed by atoms with E-state index >= 15 is 0 Å². The van der Waals surface area contributed by atoms with Gasteiger partial charge in [-0.1, -0.05) is 48.0 Å². The molecule has 1 aromatic heterocycles. The van der Waals surface area contributed by atoms with Gasteiger partial charge in [-0.05, 0) is 30.0 Å². The number of aryl methyl sites for hydroxylation is 1. The fourth-order valence-electron chi connectivity index (χ4n) is 2.06. The molecule has 0 saturated carbocycles. The standard InChI is InChI=1S/C17H21ClN4/c1-19-17(22-13-15-9-10-16(18)21-12-15)20-11-5-8-14-6-3-2-4-7-14/h2-4,6-7,9-10,12H,5,8,11,13H2,1H3,(H2,19,20,22). The first-order chi connectivity index (χ1) is 10.8. The molecule has 5 heteroatoms. The normalized spacial score (nSPS) is 11.3. The fraction of sp³-hybridized carbons (Fsp3) is 0.294. The van der Waals surface area contributed by atoms with Crippen molar-refractivity contribution in [3.05, 3.63) is 64.9 Å². The molecule has 0 radical (unpaired) electrons. The van der Waals surface area contributed by atoms with E-state index in [1.54, 1.807) is 19.3 Å². The molecular formula is C17H21ClN4. The first-order valence-electron chi connectivity index (χ1n) is 7.37. The summed E-state index contributed by atoms with van der Waals surface area (Å²) in [7, 11) is 1.77. The lowest BCUT2D eigenvalue weighted by Gasteiger charge is -2.11. The highest BCUT2D eigenvalue weighted by molar-refractivity contribution is 6.29. The maximum Gasteiger partial charge on any atom is 0.191 e. The molecule has 0 unspecified atom stereocenters. The molecule has 0 atom stereocenters. The zero-order valence-electron chi connectivity index (χ0n) is 12.7. The highest BCUT2D eigenvalue weighted by Crippen LogP contribution is 2.04. The van der Waals surface area contributed by atoms with Crippen LogP contribution in [0.1, 0.15) is 17.5 Å². The van der Waals surface area contributed by atoms with Gasteiger partial charge in [-0.25, -0.2) is 4.98 Å². The molecule has 2 N–H and O–H groups in total. The van der Waals surface area contributed by atoms with Gasteiger partial charge in [0.2, 0.25) is 0 Å². The Kier molecular flexibility index (Phi) is 6.71. The Morgan fingerprint density at radius 2 is 1.91 bits per heavy atom. The van der Waals surface area contributed by atoms with Crippen LogP contribution < -0.4 is 10.6 Å². The van der Waals surface area contributed by atoms with E-state index in [0.717, 1.165) is 30.9 Å². The second kappa shape index (κ2) is 9.05. The lowest BCUT2D eigenvalue weighted by atomic mass is 10.1. The highest BCUT2D eigenvalue weighted by Gasteiger charge is 1.99. The Bertz CT molecular complexity index is 581. The first kappa shape index (κ1) is 16.3. The number of halogens is 1. The molecule has 0 amide bonds. The summed E-state index contributed by atoms with van der Waals surface area (Å²) in [6.45, 7) is 1.55. The number of aromatic nitrogens is 1. The molecule has 0 saturated heterocycles. The van der Waals surface area contributed by atoms with Crippen LogP contribution in [0.5, 0.6) is 0 Å². The van der Waals surface area contributed by atoms with Crippen LogP contribution in [-0.2, 0) is 13.0 Å². The van der Waals surface area contributed by atoms with Crippen molar-refractivity contribution in [2.75, 3.05) is 13.6 Å². The average Bonchev–Trinajstić information content (AvgIpc) is 2.57. The molecule has 0 aliphatic rings. The summed E-state index contributed by atoms with van der Waals surface area (Å²) in [4.78, 5) is 8.27. The number of guanidine groups is 1. The molecule has 4 nitrogen and oxygen atoms in total. The van der Waals surface area contributed by atoms with Crippen LogP contribution in [0.2, 0.25) is 5.15 Å². The second-order valence-corrected chi connectivity index (χ2v) is 5.32. The molecule has 0 aliphatic carbocycles. The van der Waals surface area contributed by atoms with Gasteiger partial charge in [-0.3, -0.25) is 4.99 Å². The van der Waals surface area contributed by atoms with Gasteiger partial charge in [0.05, 0.1) is 0 Å². The van der Waals surface area contributed by atoms with E-state index in [4.69, 9.17) is 11.6 Å². The summed E-state index contributed by atoms with van der Waals surface area (Å²) in [6, 6.07) is 14.2. The molecule has 0 aliphatic heterocycles. The van der Waals surface area contributed by atoms with Crippen molar-refractivity contribution in [3.8, 4) is 0 Å². The third kappa shape index (κ3) is 5.74. The quantitative estimate of drug-likeness (QED) is 0.373. The number of nitrogens with one attached hydrogen (secondary N) is 2. The van der Waals surface area contributed by atoms with Gasteiger partial charge in [0, 0.05) is 26.3 Å². The highest BCUT2D eigenvalue weighted by atomic mass is 35.5. The molecule has 0 fully saturated rings. The largest absolute Gasteiger partial charge is 0.356 e. The van der Waals surface area contributed by atoms with Gasteiger partial charge in [-0.15, -0.1) is 0 Å². The van der Waals surface area contributed by atoms with Gasteiger partial charge in [0.15, 0.2) is 5.96 Å². The van der Waals surface area contributed by atoms with Crippen molar-refractivity contribution in [1.29, 1.82) is 0 Å². The second-order valence-electron chi connectivity index (χ2n) is 4.93. The van der Waals surface area contributed by atoms with Gasteiger partial charge < -0.3 is 10.6 Å². The predicted octanol–water partition coefficient (Wildman–Crippen LogP) is 3.03. The zero-order valence-corrected chi connectivity index (χ0v) is 13.5. The summed E-state index contributed by atoms with van der Waals surface area (Å²) in [5.74, 6) is 0.794. The van der Waals surface area contributed by atoms with Crippen LogP contribution in [-0.4, -0.2) is 24.5 Å². The number of benzene rings is 1. The summed E-state index contributed by atoms with van der Waals surface area (Å²) in [6.07, 6.45) is 3.89. The van der Waals surface area contributed by atoms with E-state index in [2.05, 4.69) is 44.9 Å². The van der Waals surface area contributed by atoms with Crippen molar-refractivity contribution < 1.29 is 0 Å². The summed E-state index contributed by atoms with van der Waals surface area (Å²) < 4.78 is 0. The van der Waals surface area contributed by atoms with Crippen molar-refractivity contribution in [3.63, 3.8) is 0 Å². The van der Waals surface area contributed by atoms with E-state index < -0.39 is 0 Å². The summed E-state index contributed by atoms with van der Waals surface area (Å²) >= 11 is 5.77. The maximum absolute atomic E-state index is 5.77. The minimum Gasteiger partial charge on any atom is -0.356 e. The van der Waals surface area contributed by atoms with Crippen molar-refractivity contribution in [2.45, 2.75) is 19.4 Å². The van der Waals surface area contributed by atoms with Gasteiger partial charge >= 0.3 is 0 Å². The van der Waals surface area contributed by atoms with Crippen LogP contribution in [0.25, 0.3) is 0 Å². The monoisotopic (exact) mass is 316 g/mol. The average molecular weight is 317 g/mol. The van der Waals surface area contributed by atoms with Gasteiger partial charge in [0.25, 0.3) is 0 Å². The SMILES string of the molecule is CN=C(NCCCc1ccccc1)NCc1ccc(Cl)nc1. The fourth-order valence-corrected chi connectivity index (χ4v) is 2.17. The lowest BCUT2D eigenvalue weighted by molar-refractivity contribution is 0.741. The summed E-state index contributed by atoms with van der Waals surface area (Å²) in [5.41, 5.74) is 2.43.